The highest BCUT2D eigenvalue weighted by Gasteiger charge is 2.11. The van der Waals surface area contributed by atoms with E-state index in [9.17, 15) is 4.79 Å². The van der Waals surface area contributed by atoms with Crippen LogP contribution in [0.15, 0.2) is 24.5 Å². The molecule has 0 aliphatic carbocycles. The van der Waals surface area contributed by atoms with E-state index in [2.05, 4.69) is 15.1 Å². The average Bonchev–Trinajstić information content (AvgIpc) is 2.79. The van der Waals surface area contributed by atoms with Crippen molar-refractivity contribution < 1.29 is 9.53 Å². The van der Waals surface area contributed by atoms with Crippen LogP contribution in [-0.4, -0.2) is 32.3 Å². The van der Waals surface area contributed by atoms with Crippen LogP contribution in [0.3, 0.4) is 0 Å². The molecule has 0 aliphatic rings. The number of hydrogen-bond acceptors (Lipinski definition) is 5. The maximum Gasteiger partial charge on any atom is 0.306 e. The fourth-order valence-electron chi connectivity index (χ4n) is 1.75. The van der Waals surface area contributed by atoms with Crippen LogP contribution >= 0.6 is 0 Å². The summed E-state index contributed by atoms with van der Waals surface area (Å²) in [7, 11) is 1.83. The molecular weight excluding hydrogens is 244 g/mol. The molecule has 0 amide bonds. The highest BCUT2D eigenvalue weighted by Crippen LogP contribution is 2.15. The maximum atomic E-state index is 11.3. The van der Waals surface area contributed by atoms with E-state index in [1.807, 2.05) is 13.1 Å². The van der Waals surface area contributed by atoms with Gasteiger partial charge in [0.25, 0.3) is 0 Å². The van der Waals surface area contributed by atoms with Crippen LogP contribution in [-0.2, 0) is 23.0 Å². The van der Waals surface area contributed by atoms with Crippen molar-refractivity contribution in [3.63, 3.8) is 0 Å². The number of esters is 1. The molecule has 0 fully saturated rings. The summed E-state index contributed by atoms with van der Waals surface area (Å²) < 4.78 is 6.61. The largest absolute Gasteiger partial charge is 0.466 e. The molecule has 0 bridgehead atoms. The monoisotopic (exact) mass is 260 g/mol. The molecular formula is C13H16N4O2. The molecule has 19 heavy (non-hydrogen) atoms. The molecule has 0 aromatic carbocycles. The zero-order chi connectivity index (χ0) is 13.7. The fraction of sp³-hybridized carbons (Fsp3) is 0.385. The van der Waals surface area contributed by atoms with Gasteiger partial charge in [-0.3, -0.25) is 9.48 Å². The summed E-state index contributed by atoms with van der Waals surface area (Å²) in [6, 6.07) is 3.66. The fourth-order valence-corrected chi connectivity index (χ4v) is 1.75. The minimum Gasteiger partial charge on any atom is -0.466 e. The quantitative estimate of drug-likeness (QED) is 0.759. The Labute approximate surface area is 111 Å². The van der Waals surface area contributed by atoms with Crippen LogP contribution in [0.2, 0.25) is 0 Å². The second-order valence-electron chi connectivity index (χ2n) is 4.02. The van der Waals surface area contributed by atoms with Gasteiger partial charge in [0.05, 0.1) is 18.7 Å². The van der Waals surface area contributed by atoms with E-state index in [0.29, 0.717) is 25.3 Å². The number of hydrogen-bond donors (Lipinski definition) is 0. The first-order chi connectivity index (χ1) is 9.20. The molecule has 100 valence electrons. The van der Waals surface area contributed by atoms with Gasteiger partial charge in [-0.1, -0.05) is 0 Å². The minimum absolute atomic E-state index is 0.203. The third-order valence-corrected chi connectivity index (χ3v) is 2.62. The molecule has 0 radical (unpaired) electrons. The Balaban J connectivity index is 2.07. The van der Waals surface area contributed by atoms with Crippen LogP contribution in [0.4, 0.5) is 0 Å². The Bertz CT molecular complexity index is 551. The number of ether oxygens (including phenoxy) is 1. The van der Waals surface area contributed by atoms with Crippen molar-refractivity contribution in [3.8, 4) is 11.5 Å². The van der Waals surface area contributed by atoms with Gasteiger partial charge in [0.2, 0.25) is 0 Å². The molecule has 2 heterocycles. The number of carbonyl (C=O) groups is 1. The second kappa shape index (κ2) is 6.08. The molecule has 0 saturated carbocycles. The number of aryl methyl sites for hydroxylation is 2. The standard InChI is InChI=1S/C13H16N4O2/c1-3-19-12(18)6-5-10-9-11(17(2)16-10)13-14-7-4-8-15-13/h4,7-9H,3,5-6H2,1-2H3. The molecule has 6 nitrogen and oxygen atoms in total. The van der Waals surface area contributed by atoms with Gasteiger partial charge in [0.15, 0.2) is 5.82 Å². The van der Waals surface area contributed by atoms with E-state index in [1.54, 1.807) is 30.1 Å². The lowest BCUT2D eigenvalue weighted by molar-refractivity contribution is -0.143. The van der Waals surface area contributed by atoms with E-state index in [-0.39, 0.29) is 5.97 Å². The zero-order valence-corrected chi connectivity index (χ0v) is 11.0. The van der Waals surface area contributed by atoms with E-state index in [4.69, 9.17) is 4.74 Å². The third kappa shape index (κ3) is 3.37. The van der Waals surface area contributed by atoms with Gasteiger partial charge in [-0.2, -0.15) is 5.10 Å². The summed E-state index contributed by atoms with van der Waals surface area (Å²) in [5.74, 6) is 0.422. The van der Waals surface area contributed by atoms with Gasteiger partial charge < -0.3 is 4.74 Å². The molecule has 0 unspecified atom stereocenters. The number of rotatable bonds is 5. The van der Waals surface area contributed by atoms with Gasteiger partial charge in [0, 0.05) is 25.9 Å². The summed E-state index contributed by atoms with van der Waals surface area (Å²) in [5, 5.41) is 4.35. The van der Waals surface area contributed by atoms with Crippen molar-refractivity contribution >= 4 is 5.97 Å². The highest BCUT2D eigenvalue weighted by molar-refractivity contribution is 5.69. The van der Waals surface area contributed by atoms with Crippen LogP contribution < -0.4 is 0 Å². The first kappa shape index (κ1) is 13.2. The average molecular weight is 260 g/mol. The van der Waals surface area contributed by atoms with E-state index >= 15 is 0 Å². The minimum atomic E-state index is -0.203. The second-order valence-corrected chi connectivity index (χ2v) is 4.02. The zero-order valence-electron chi connectivity index (χ0n) is 11.0. The molecule has 2 aromatic heterocycles. The Morgan fingerprint density at radius 1 is 1.37 bits per heavy atom. The van der Waals surface area contributed by atoms with Crippen molar-refractivity contribution in [2.75, 3.05) is 6.61 Å². The van der Waals surface area contributed by atoms with E-state index in [0.717, 1.165) is 11.4 Å². The van der Waals surface area contributed by atoms with E-state index in [1.165, 1.54) is 0 Å². The number of aromatic nitrogens is 4. The van der Waals surface area contributed by atoms with E-state index < -0.39 is 0 Å². The van der Waals surface area contributed by atoms with Crippen molar-refractivity contribution in [2.45, 2.75) is 19.8 Å². The Hall–Kier alpha value is -2.24. The summed E-state index contributed by atoms with van der Waals surface area (Å²) in [6.45, 7) is 2.20. The Morgan fingerprint density at radius 3 is 2.79 bits per heavy atom. The summed E-state index contributed by atoms with van der Waals surface area (Å²) in [5.41, 5.74) is 1.66. The SMILES string of the molecule is CCOC(=O)CCc1cc(-c2ncccn2)n(C)n1. The molecule has 0 spiro atoms. The first-order valence-corrected chi connectivity index (χ1v) is 6.16. The summed E-state index contributed by atoms with van der Waals surface area (Å²) >= 11 is 0. The van der Waals surface area contributed by atoms with Crippen molar-refractivity contribution in [2.24, 2.45) is 7.05 Å². The van der Waals surface area contributed by atoms with Crippen molar-refractivity contribution in [1.29, 1.82) is 0 Å². The van der Waals surface area contributed by atoms with Gasteiger partial charge in [-0.25, -0.2) is 9.97 Å². The topological polar surface area (TPSA) is 69.9 Å². The Kier molecular flexibility index (Phi) is 4.22. The molecule has 0 saturated heterocycles. The predicted octanol–water partition coefficient (Wildman–Crippen LogP) is 1.37. The van der Waals surface area contributed by atoms with Crippen LogP contribution in [0.5, 0.6) is 0 Å². The lowest BCUT2D eigenvalue weighted by Gasteiger charge is -1.98. The summed E-state index contributed by atoms with van der Waals surface area (Å²) in [4.78, 5) is 19.7. The third-order valence-electron chi connectivity index (χ3n) is 2.62. The smallest absolute Gasteiger partial charge is 0.306 e. The lowest BCUT2D eigenvalue weighted by Crippen LogP contribution is -2.05. The Morgan fingerprint density at radius 2 is 2.11 bits per heavy atom. The molecule has 2 aromatic rings. The van der Waals surface area contributed by atoms with Crippen molar-refractivity contribution in [3.05, 3.63) is 30.2 Å². The maximum absolute atomic E-state index is 11.3. The van der Waals surface area contributed by atoms with Crippen LogP contribution in [0.25, 0.3) is 11.5 Å². The molecule has 0 aliphatic heterocycles. The van der Waals surface area contributed by atoms with Gasteiger partial charge in [-0.05, 0) is 19.1 Å². The van der Waals surface area contributed by atoms with Gasteiger partial charge in [0.1, 0.15) is 5.69 Å². The van der Waals surface area contributed by atoms with Gasteiger partial charge >= 0.3 is 5.97 Å². The first-order valence-electron chi connectivity index (χ1n) is 6.16. The molecule has 6 heteroatoms. The predicted molar refractivity (Wildman–Crippen MR) is 69.2 cm³/mol. The molecule has 0 N–H and O–H groups in total. The van der Waals surface area contributed by atoms with Crippen molar-refractivity contribution in [1.82, 2.24) is 19.7 Å². The molecule has 0 atom stereocenters. The number of carbonyl (C=O) groups excluding carboxylic acids is 1. The molecule has 2 rings (SSSR count). The number of nitrogens with zero attached hydrogens (tertiary/aromatic N) is 4. The summed E-state index contributed by atoms with van der Waals surface area (Å²) in [6.07, 6.45) is 4.26. The normalized spacial score (nSPS) is 10.4. The highest BCUT2D eigenvalue weighted by atomic mass is 16.5. The van der Waals surface area contributed by atoms with Crippen LogP contribution in [0.1, 0.15) is 19.0 Å². The van der Waals surface area contributed by atoms with Gasteiger partial charge in [-0.15, -0.1) is 0 Å². The van der Waals surface area contributed by atoms with Crippen LogP contribution in [0, 0.1) is 0 Å². The lowest BCUT2D eigenvalue weighted by atomic mass is 10.2.